The van der Waals surface area contributed by atoms with Gasteiger partial charge in [-0.25, -0.2) is 8.78 Å². The number of amides is 1. The number of benzene rings is 2. The fraction of sp³-hybridized carbons (Fsp3) is 0.316. The third-order valence-electron chi connectivity index (χ3n) is 3.68. The molecule has 0 heterocycles. The van der Waals surface area contributed by atoms with Crippen LogP contribution in [0.3, 0.4) is 0 Å². The van der Waals surface area contributed by atoms with Crippen molar-refractivity contribution in [3.8, 4) is 5.75 Å². The molecule has 0 spiro atoms. The fourth-order valence-corrected chi connectivity index (χ4v) is 2.27. The number of hydrogen-bond acceptors (Lipinski definition) is 3. The van der Waals surface area contributed by atoms with E-state index in [4.69, 9.17) is 4.74 Å². The van der Waals surface area contributed by atoms with Gasteiger partial charge in [-0.1, -0.05) is 37.3 Å². The van der Waals surface area contributed by atoms with Gasteiger partial charge < -0.3 is 15.2 Å². The molecule has 4 nitrogen and oxygen atoms in total. The van der Waals surface area contributed by atoms with E-state index >= 15 is 0 Å². The molecule has 2 aromatic rings. The quantitative estimate of drug-likeness (QED) is 0.770. The van der Waals surface area contributed by atoms with Crippen LogP contribution in [0.1, 0.15) is 12.5 Å². The highest BCUT2D eigenvalue weighted by Gasteiger charge is 2.15. The second kappa shape index (κ2) is 9.13. The smallest absolute Gasteiger partial charge is 0.223 e. The molecule has 0 fully saturated rings. The molecule has 0 aliphatic rings. The van der Waals surface area contributed by atoms with E-state index in [2.05, 4.69) is 5.32 Å². The summed E-state index contributed by atoms with van der Waals surface area (Å²) in [6, 6.07) is 12.8. The third-order valence-corrected chi connectivity index (χ3v) is 3.68. The molecule has 0 aliphatic heterocycles. The molecule has 2 atom stereocenters. The Bertz CT molecular complexity index is 694. The minimum absolute atomic E-state index is 0.0155. The number of carbonyl (C=O) groups excluding carboxylic acids is 1. The van der Waals surface area contributed by atoms with Gasteiger partial charge >= 0.3 is 0 Å². The Kier molecular flexibility index (Phi) is 6.89. The van der Waals surface area contributed by atoms with Gasteiger partial charge in [-0.2, -0.15) is 0 Å². The van der Waals surface area contributed by atoms with Crippen molar-refractivity contribution in [2.45, 2.75) is 19.4 Å². The molecular formula is C19H21F2NO3. The van der Waals surface area contributed by atoms with Crippen LogP contribution in [0.25, 0.3) is 0 Å². The number of aliphatic hydroxyl groups excluding tert-OH is 1. The largest absolute Gasteiger partial charge is 0.491 e. The summed E-state index contributed by atoms with van der Waals surface area (Å²) in [6.45, 7) is 1.69. The fourth-order valence-electron chi connectivity index (χ4n) is 2.27. The first-order valence-electron chi connectivity index (χ1n) is 8.03. The van der Waals surface area contributed by atoms with Gasteiger partial charge in [-0.05, 0) is 24.1 Å². The van der Waals surface area contributed by atoms with E-state index in [9.17, 15) is 18.7 Å². The molecular weight excluding hydrogens is 328 g/mol. The Morgan fingerprint density at radius 1 is 1.16 bits per heavy atom. The number of hydrogen-bond donors (Lipinski definition) is 2. The highest BCUT2D eigenvalue weighted by molar-refractivity contribution is 5.78. The Morgan fingerprint density at radius 3 is 2.56 bits per heavy atom. The number of ether oxygens (including phenoxy) is 1. The van der Waals surface area contributed by atoms with Crippen LogP contribution in [0.2, 0.25) is 0 Å². The molecule has 134 valence electrons. The Morgan fingerprint density at radius 2 is 1.88 bits per heavy atom. The monoisotopic (exact) mass is 349 g/mol. The lowest BCUT2D eigenvalue weighted by Gasteiger charge is -2.16. The summed E-state index contributed by atoms with van der Waals surface area (Å²) < 4.78 is 31.0. The molecule has 6 heteroatoms. The summed E-state index contributed by atoms with van der Waals surface area (Å²) in [5.74, 6) is -2.28. The van der Waals surface area contributed by atoms with Crippen LogP contribution in [-0.4, -0.2) is 30.3 Å². The second-order valence-electron chi connectivity index (χ2n) is 5.88. The minimum Gasteiger partial charge on any atom is -0.491 e. The van der Waals surface area contributed by atoms with Gasteiger partial charge in [0.25, 0.3) is 0 Å². The Labute approximate surface area is 145 Å². The number of aliphatic hydroxyl groups is 1. The molecule has 2 unspecified atom stereocenters. The van der Waals surface area contributed by atoms with Crippen molar-refractivity contribution in [3.05, 3.63) is 65.7 Å². The van der Waals surface area contributed by atoms with Crippen LogP contribution < -0.4 is 10.1 Å². The van der Waals surface area contributed by atoms with E-state index in [0.717, 1.165) is 17.7 Å². The first-order chi connectivity index (χ1) is 12.0. The summed E-state index contributed by atoms with van der Waals surface area (Å²) >= 11 is 0. The summed E-state index contributed by atoms with van der Waals surface area (Å²) in [5, 5.41) is 12.5. The van der Waals surface area contributed by atoms with Crippen LogP contribution in [-0.2, 0) is 11.2 Å². The van der Waals surface area contributed by atoms with E-state index in [-0.39, 0.29) is 30.7 Å². The van der Waals surface area contributed by atoms with Gasteiger partial charge in [0.15, 0.2) is 11.6 Å². The van der Waals surface area contributed by atoms with E-state index in [1.165, 1.54) is 6.07 Å². The van der Waals surface area contributed by atoms with Gasteiger partial charge in [-0.15, -0.1) is 0 Å². The summed E-state index contributed by atoms with van der Waals surface area (Å²) in [5.41, 5.74) is 1.06. The van der Waals surface area contributed by atoms with Gasteiger partial charge in [-0.3, -0.25) is 4.79 Å². The van der Waals surface area contributed by atoms with Gasteiger partial charge in [0.1, 0.15) is 18.5 Å². The van der Waals surface area contributed by atoms with E-state index in [1.54, 1.807) is 0 Å². The standard InChI is InChI=1S/C19H21F2NO3/c1-13(9-14-5-3-2-4-6-14)19(24)22-11-15(23)12-25-16-7-8-17(20)18(21)10-16/h2-8,10,13,15,23H,9,11-12H2,1H3,(H,22,24). The molecule has 0 saturated heterocycles. The van der Waals surface area contributed by atoms with Crippen molar-refractivity contribution < 1.29 is 23.4 Å². The van der Waals surface area contributed by atoms with E-state index in [1.807, 2.05) is 37.3 Å². The highest BCUT2D eigenvalue weighted by Crippen LogP contribution is 2.15. The molecule has 2 rings (SSSR count). The minimum atomic E-state index is -1.02. The number of rotatable bonds is 8. The maximum atomic E-state index is 13.1. The molecule has 0 saturated carbocycles. The molecule has 2 N–H and O–H groups in total. The van der Waals surface area contributed by atoms with Crippen LogP contribution in [0.15, 0.2) is 48.5 Å². The lowest BCUT2D eigenvalue weighted by molar-refractivity contribution is -0.125. The zero-order valence-electron chi connectivity index (χ0n) is 13.9. The average molecular weight is 349 g/mol. The molecule has 0 radical (unpaired) electrons. The molecule has 2 aromatic carbocycles. The topological polar surface area (TPSA) is 58.6 Å². The normalized spacial score (nSPS) is 13.1. The van der Waals surface area contributed by atoms with Crippen molar-refractivity contribution in [3.63, 3.8) is 0 Å². The van der Waals surface area contributed by atoms with Crippen molar-refractivity contribution in [1.82, 2.24) is 5.32 Å². The zero-order chi connectivity index (χ0) is 18.2. The van der Waals surface area contributed by atoms with Gasteiger partial charge in [0.05, 0.1) is 0 Å². The van der Waals surface area contributed by atoms with Crippen molar-refractivity contribution in [2.75, 3.05) is 13.2 Å². The van der Waals surface area contributed by atoms with Crippen molar-refractivity contribution >= 4 is 5.91 Å². The zero-order valence-corrected chi connectivity index (χ0v) is 13.9. The molecule has 0 bridgehead atoms. The molecule has 0 aliphatic carbocycles. The highest BCUT2D eigenvalue weighted by atomic mass is 19.2. The number of carbonyl (C=O) groups is 1. The van der Waals surface area contributed by atoms with Gasteiger partial charge in [0.2, 0.25) is 5.91 Å². The first-order valence-corrected chi connectivity index (χ1v) is 8.03. The van der Waals surface area contributed by atoms with Crippen LogP contribution in [0.5, 0.6) is 5.75 Å². The molecule has 25 heavy (non-hydrogen) atoms. The van der Waals surface area contributed by atoms with Crippen molar-refractivity contribution in [2.24, 2.45) is 5.92 Å². The maximum Gasteiger partial charge on any atom is 0.223 e. The average Bonchev–Trinajstić information content (AvgIpc) is 2.61. The summed E-state index contributed by atoms with van der Waals surface area (Å²) in [6.07, 6.45) is -0.352. The second-order valence-corrected chi connectivity index (χ2v) is 5.88. The first kappa shape index (κ1) is 18.9. The van der Waals surface area contributed by atoms with Crippen LogP contribution >= 0.6 is 0 Å². The lowest BCUT2D eigenvalue weighted by atomic mass is 10.0. The number of halogens is 2. The SMILES string of the molecule is CC(Cc1ccccc1)C(=O)NCC(O)COc1ccc(F)c(F)c1. The van der Waals surface area contributed by atoms with Crippen LogP contribution in [0, 0.1) is 17.6 Å². The van der Waals surface area contributed by atoms with Crippen molar-refractivity contribution in [1.29, 1.82) is 0 Å². The van der Waals surface area contributed by atoms with E-state index < -0.39 is 17.7 Å². The molecule has 1 amide bonds. The Hall–Kier alpha value is -2.47. The summed E-state index contributed by atoms with van der Waals surface area (Å²) in [7, 11) is 0. The van der Waals surface area contributed by atoms with Crippen LogP contribution in [0.4, 0.5) is 8.78 Å². The predicted molar refractivity (Wildman–Crippen MR) is 90.2 cm³/mol. The lowest BCUT2D eigenvalue weighted by Crippen LogP contribution is -2.38. The third kappa shape index (κ3) is 6.15. The summed E-state index contributed by atoms with van der Waals surface area (Å²) in [4.78, 5) is 12.1. The Balaban J connectivity index is 1.72. The maximum absolute atomic E-state index is 13.1. The molecule has 0 aromatic heterocycles. The number of nitrogens with one attached hydrogen (secondary N) is 1. The van der Waals surface area contributed by atoms with Gasteiger partial charge in [0, 0.05) is 18.5 Å². The predicted octanol–water partition coefficient (Wildman–Crippen LogP) is 2.70. The van der Waals surface area contributed by atoms with E-state index in [0.29, 0.717) is 6.42 Å².